The van der Waals surface area contributed by atoms with Gasteiger partial charge in [-0.2, -0.15) is 5.26 Å². The van der Waals surface area contributed by atoms with E-state index in [2.05, 4.69) is 26.7 Å². The SMILES string of the molecule is CS(=O)(=O)N1CCCc2ccc(NC(=O)C(=O)NCC3CCN(c4nccnc4C#N)CC3)cc21. The summed E-state index contributed by atoms with van der Waals surface area (Å²) in [7, 11) is -3.43. The van der Waals surface area contributed by atoms with Gasteiger partial charge in [-0.05, 0) is 49.3 Å². The van der Waals surface area contributed by atoms with Crippen LogP contribution in [0, 0.1) is 17.2 Å². The fourth-order valence-corrected chi connectivity index (χ4v) is 5.45. The van der Waals surface area contributed by atoms with E-state index in [0.29, 0.717) is 43.4 Å². The van der Waals surface area contributed by atoms with Crippen LogP contribution in [0.5, 0.6) is 0 Å². The van der Waals surface area contributed by atoms with Crippen molar-refractivity contribution in [1.29, 1.82) is 5.26 Å². The van der Waals surface area contributed by atoms with Crippen molar-refractivity contribution >= 4 is 39.0 Å². The standard InChI is InChI=1S/C23H27N7O4S/c1-35(33,34)30-10-2-3-17-4-5-18(13-20(17)30)28-23(32)22(31)27-15-16-6-11-29(12-7-16)21-19(14-24)25-8-9-26-21/h4-5,8-9,13,16H,2-3,6-7,10-12,15H2,1H3,(H,27,31)(H,28,32). The molecule has 0 radical (unpaired) electrons. The number of nitrogens with one attached hydrogen (secondary N) is 2. The Morgan fingerprint density at radius 3 is 2.60 bits per heavy atom. The van der Waals surface area contributed by atoms with E-state index >= 15 is 0 Å². The predicted octanol–water partition coefficient (Wildman–Crippen LogP) is 1.03. The van der Waals surface area contributed by atoms with Gasteiger partial charge in [-0.3, -0.25) is 13.9 Å². The van der Waals surface area contributed by atoms with Gasteiger partial charge in [0.25, 0.3) is 0 Å². The average molecular weight is 498 g/mol. The predicted molar refractivity (Wildman–Crippen MR) is 130 cm³/mol. The van der Waals surface area contributed by atoms with E-state index in [9.17, 15) is 23.3 Å². The Balaban J connectivity index is 1.29. The minimum Gasteiger partial charge on any atom is -0.354 e. The lowest BCUT2D eigenvalue weighted by atomic mass is 9.96. The Kier molecular flexibility index (Phi) is 7.16. The summed E-state index contributed by atoms with van der Waals surface area (Å²) < 4.78 is 25.5. The molecule has 2 N–H and O–H groups in total. The molecule has 2 amide bonds. The lowest BCUT2D eigenvalue weighted by Gasteiger charge is -2.32. The number of carbonyl (C=O) groups excluding carboxylic acids is 2. The van der Waals surface area contributed by atoms with Gasteiger partial charge >= 0.3 is 11.8 Å². The van der Waals surface area contributed by atoms with Crippen molar-refractivity contribution in [1.82, 2.24) is 15.3 Å². The molecule has 0 bridgehead atoms. The first-order valence-corrected chi connectivity index (χ1v) is 13.3. The van der Waals surface area contributed by atoms with Gasteiger partial charge in [-0.15, -0.1) is 0 Å². The summed E-state index contributed by atoms with van der Waals surface area (Å²) in [5, 5.41) is 14.5. The van der Waals surface area contributed by atoms with E-state index in [0.717, 1.165) is 37.5 Å². The number of amides is 2. The maximum Gasteiger partial charge on any atom is 0.313 e. The summed E-state index contributed by atoms with van der Waals surface area (Å²) in [5.74, 6) is -0.790. The van der Waals surface area contributed by atoms with Crippen LogP contribution in [0.15, 0.2) is 30.6 Å². The maximum atomic E-state index is 12.4. The summed E-state index contributed by atoms with van der Waals surface area (Å²) in [4.78, 5) is 35.1. The molecular formula is C23H27N7O4S. The molecule has 4 rings (SSSR count). The minimum absolute atomic E-state index is 0.192. The molecule has 11 nitrogen and oxygen atoms in total. The van der Waals surface area contributed by atoms with Crippen LogP contribution in [-0.4, -0.2) is 62.6 Å². The molecule has 1 saturated heterocycles. The summed E-state index contributed by atoms with van der Waals surface area (Å²) in [5.41, 5.74) is 2.08. The van der Waals surface area contributed by atoms with Gasteiger partial charge < -0.3 is 15.5 Å². The Morgan fingerprint density at radius 2 is 1.89 bits per heavy atom. The van der Waals surface area contributed by atoms with Crippen molar-refractivity contribution in [3.8, 4) is 6.07 Å². The highest BCUT2D eigenvalue weighted by Gasteiger charge is 2.26. The third-order valence-electron chi connectivity index (χ3n) is 6.28. The van der Waals surface area contributed by atoms with Crippen molar-refractivity contribution in [3.63, 3.8) is 0 Å². The van der Waals surface area contributed by atoms with Crippen LogP contribution in [0.3, 0.4) is 0 Å². The second kappa shape index (κ2) is 10.3. The highest BCUT2D eigenvalue weighted by molar-refractivity contribution is 7.92. The van der Waals surface area contributed by atoms with Gasteiger partial charge in [0.1, 0.15) is 6.07 Å². The lowest BCUT2D eigenvalue weighted by Crippen LogP contribution is -2.42. The van der Waals surface area contributed by atoms with Crippen LogP contribution in [0.1, 0.15) is 30.5 Å². The topological polar surface area (TPSA) is 148 Å². The van der Waals surface area contributed by atoms with E-state index in [1.165, 1.54) is 10.5 Å². The first-order valence-electron chi connectivity index (χ1n) is 11.4. The number of nitriles is 1. The van der Waals surface area contributed by atoms with Crippen LogP contribution >= 0.6 is 0 Å². The quantitative estimate of drug-likeness (QED) is 0.582. The molecule has 2 aliphatic rings. The molecule has 0 atom stereocenters. The summed E-state index contributed by atoms with van der Waals surface area (Å²) in [6, 6.07) is 7.10. The number of rotatable bonds is 5. The monoisotopic (exact) mass is 497 g/mol. The van der Waals surface area contributed by atoms with Crippen molar-refractivity contribution in [2.75, 3.05) is 47.0 Å². The summed E-state index contributed by atoms with van der Waals surface area (Å²) in [6.45, 7) is 2.09. The molecule has 12 heteroatoms. The normalized spacial score (nSPS) is 16.2. The molecule has 0 spiro atoms. The zero-order valence-corrected chi connectivity index (χ0v) is 20.2. The van der Waals surface area contributed by atoms with Crippen LogP contribution in [0.2, 0.25) is 0 Å². The van der Waals surface area contributed by atoms with Gasteiger partial charge in [0.15, 0.2) is 11.5 Å². The number of carbonyl (C=O) groups is 2. The molecule has 35 heavy (non-hydrogen) atoms. The first-order chi connectivity index (χ1) is 16.8. The third kappa shape index (κ3) is 5.68. The molecule has 1 aromatic carbocycles. The number of benzene rings is 1. The smallest absolute Gasteiger partial charge is 0.313 e. The Labute approximate surface area is 204 Å². The second-order valence-electron chi connectivity index (χ2n) is 8.72. The van der Waals surface area contributed by atoms with E-state index in [1.54, 1.807) is 24.4 Å². The molecular weight excluding hydrogens is 470 g/mol. The van der Waals surface area contributed by atoms with Crippen molar-refractivity contribution in [2.24, 2.45) is 5.92 Å². The zero-order chi connectivity index (χ0) is 25.0. The van der Waals surface area contributed by atoms with Crippen LogP contribution in [0.25, 0.3) is 0 Å². The highest BCUT2D eigenvalue weighted by atomic mass is 32.2. The molecule has 0 aliphatic carbocycles. The van der Waals surface area contributed by atoms with Crippen molar-refractivity contribution in [3.05, 3.63) is 41.9 Å². The molecule has 3 heterocycles. The summed E-state index contributed by atoms with van der Waals surface area (Å²) >= 11 is 0. The number of piperidine rings is 1. The third-order valence-corrected chi connectivity index (χ3v) is 7.46. The second-order valence-corrected chi connectivity index (χ2v) is 10.6. The average Bonchev–Trinajstić information content (AvgIpc) is 2.86. The molecule has 0 unspecified atom stereocenters. The molecule has 2 aliphatic heterocycles. The number of fused-ring (bicyclic) bond motifs is 1. The largest absolute Gasteiger partial charge is 0.354 e. The molecule has 2 aromatic rings. The van der Waals surface area contributed by atoms with Gasteiger partial charge in [0.05, 0.1) is 11.9 Å². The number of hydrogen-bond donors (Lipinski definition) is 2. The Morgan fingerprint density at radius 1 is 1.14 bits per heavy atom. The minimum atomic E-state index is -3.43. The van der Waals surface area contributed by atoms with E-state index in [-0.39, 0.29) is 11.6 Å². The molecule has 184 valence electrons. The number of aryl methyl sites for hydroxylation is 1. The molecule has 1 fully saturated rings. The van der Waals surface area contributed by atoms with Gasteiger partial charge in [-0.1, -0.05) is 6.07 Å². The highest BCUT2D eigenvalue weighted by Crippen LogP contribution is 2.31. The Bertz CT molecular complexity index is 1270. The summed E-state index contributed by atoms with van der Waals surface area (Å²) in [6.07, 6.45) is 7.23. The van der Waals surface area contributed by atoms with E-state index in [1.807, 2.05) is 4.90 Å². The zero-order valence-electron chi connectivity index (χ0n) is 19.4. The number of sulfonamides is 1. The van der Waals surface area contributed by atoms with Crippen LogP contribution in [-0.2, 0) is 26.0 Å². The lowest BCUT2D eigenvalue weighted by molar-refractivity contribution is -0.136. The fourth-order valence-electron chi connectivity index (χ4n) is 4.46. The first kappa shape index (κ1) is 24.4. The fraction of sp³-hybridized carbons (Fsp3) is 0.435. The van der Waals surface area contributed by atoms with Gasteiger partial charge in [0, 0.05) is 44.3 Å². The van der Waals surface area contributed by atoms with E-state index < -0.39 is 21.8 Å². The number of nitrogens with zero attached hydrogens (tertiary/aromatic N) is 5. The number of anilines is 3. The van der Waals surface area contributed by atoms with Gasteiger partial charge in [0.2, 0.25) is 10.0 Å². The van der Waals surface area contributed by atoms with Crippen LogP contribution < -0.4 is 19.8 Å². The van der Waals surface area contributed by atoms with Crippen molar-refractivity contribution in [2.45, 2.75) is 25.7 Å². The molecule has 0 saturated carbocycles. The Hall–Kier alpha value is -3.72. The number of aromatic nitrogens is 2. The van der Waals surface area contributed by atoms with Crippen LogP contribution in [0.4, 0.5) is 17.2 Å². The van der Waals surface area contributed by atoms with E-state index in [4.69, 9.17) is 0 Å². The number of hydrogen-bond acceptors (Lipinski definition) is 8. The van der Waals surface area contributed by atoms with Gasteiger partial charge in [-0.25, -0.2) is 18.4 Å². The molecule has 1 aromatic heterocycles. The maximum absolute atomic E-state index is 12.4. The van der Waals surface area contributed by atoms with Crippen molar-refractivity contribution < 1.29 is 18.0 Å².